The van der Waals surface area contributed by atoms with Crippen molar-refractivity contribution in [3.05, 3.63) is 36.4 Å². The minimum Gasteiger partial charge on any atom is -0.493 e. The van der Waals surface area contributed by atoms with Crippen LogP contribution in [0.5, 0.6) is 11.5 Å². The zero-order valence-corrected chi connectivity index (χ0v) is 11.8. The van der Waals surface area contributed by atoms with E-state index in [1.165, 1.54) is 11.8 Å². The summed E-state index contributed by atoms with van der Waals surface area (Å²) in [5.41, 5.74) is 6.42. The van der Waals surface area contributed by atoms with Crippen molar-refractivity contribution in [1.29, 1.82) is 0 Å². The second-order valence-corrected chi connectivity index (χ2v) is 4.41. The van der Waals surface area contributed by atoms with Crippen molar-refractivity contribution in [3.8, 4) is 11.5 Å². The standard InChI is InChI=1S/C13H17N3O2S/c1-4-8-19-13(14)16-15-9-10-6-5-7-11(17-2)12(10)18-3/h4-7,9H,1,8H2,2-3H3,(H2,14,16). The third-order valence-corrected chi connectivity index (χ3v) is 2.92. The fraction of sp³-hybridized carbons (Fsp3) is 0.231. The van der Waals surface area contributed by atoms with Gasteiger partial charge in [-0.1, -0.05) is 23.9 Å². The molecular weight excluding hydrogens is 262 g/mol. The summed E-state index contributed by atoms with van der Waals surface area (Å²) in [5.74, 6) is 1.96. The van der Waals surface area contributed by atoms with E-state index in [0.717, 1.165) is 5.56 Å². The van der Waals surface area contributed by atoms with Crippen molar-refractivity contribution in [1.82, 2.24) is 0 Å². The molecule has 0 aliphatic heterocycles. The average molecular weight is 279 g/mol. The van der Waals surface area contributed by atoms with Gasteiger partial charge in [0.2, 0.25) is 0 Å². The molecule has 19 heavy (non-hydrogen) atoms. The van der Waals surface area contributed by atoms with Gasteiger partial charge in [-0.25, -0.2) is 0 Å². The Kier molecular flexibility index (Phi) is 6.52. The van der Waals surface area contributed by atoms with Crippen LogP contribution in [0, 0.1) is 0 Å². The molecule has 0 heterocycles. The molecule has 1 aromatic rings. The Balaban J connectivity index is 2.84. The van der Waals surface area contributed by atoms with Gasteiger partial charge in [0.15, 0.2) is 16.7 Å². The molecule has 102 valence electrons. The number of rotatable bonds is 6. The second kappa shape index (κ2) is 8.20. The lowest BCUT2D eigenvalue weighted by atomic mass is 10.2. The molecule has 0 amide bonds. The molecule has 1 aromatic carbocycles. The molecule has 0 fully saturated rings. The number of methoxy groups -OCH3 is 2. The predicted octanol–water partition coefficient (Wildman–Crippen LogP) is 2.27. The van der Waals surface area contributed by atoms with Crippen LogP contribution in [0.1, 0.15) is 5.56 Å². The maximum Gasteiger partial charge on any atom is 0.180 e. The van der Waals surface area contributed by atoms with Crippen molar-refractivity contribution in [3.63, 3.8) is 0 Å². The lowest BCUT2D eigenvalue weighted by Gasteiger charge is -2.08. The van der Waals surface area contributed by atoms with Gasteiger partial charge in [0, 0.05) is 11.3 Å². The maximum absolute atomic E-state index is 5.65. The Morgan fingerprint density at radius 2 is 2.21 bits per heavy atom. The molecule has 2 N–H and O–H groups in total. The zero-order valence-electron chi connectivity index (χ0n) is 11.0. The van der Waals surface area contributed by atoms with Crippen LogP contribution in [0.2, 0.25) is 0 Å². The van der Waals surface area contributed by atoms with E-state index >= 15 is 0 Å². The van der Waals surface area contributed by atoms with Gasteiger partial charge in [0.1, 0.15) is 0 Å². The van der Waals surface area contributed by atoms with Crippen molar-refractivity contribution >= 4 is 23.1 Å². The van der Waals surface area contributed by atoms with Gasteiger partial charge in [-0.15, -0.1) is 11.7 Å². The molecule has 0 radical (unpaired) electrons. The number of amidine groups is 1. The number of benzene rings is 1. The molecule has 0 atom stereocenters. The molecule has 0 unspecified atom stereocenters. The molecule has 5 nitrogen and oxygen atoms in total. The molecule has 0 aliphatic rings. The topological polar surface area (TPSA) is 69.2 Å². The van der Waals surface area contributed by atoms with Gasteiger partial charge in [-0.05, 0) is 12.1 Å². The average Bonchev–Trinajstić information content (AvgIpc) is 2.44. The van der Waals surface area contributed by atoms with E-state index in [1.54, 1.807) is 26.5 Å². The lowest BCUT2D eigenvalue weighted by molar-refractivity contribution is 0.354. The summed E-state index contributed by atoms with van der Waals surface area (Å²) in [4.78, 5) is 0. The van der Waals surface area contributed by atoms with Crippen LogP contribution in [0.25, 0.3) is 0 Å². The summed E-state index contributed by atoms with van der Waals surface area (Å²) >= 11 is 1.37. The highest BCUT2D eigenvalue weighted by molar-refractivity contribution is 8.13. The number of ether oxygens (including phenoxy) is 2. The van der Waals surface area contributed by atoms with E-state index in [4.69, 9.17) is 15.2 Å². The van der Waals surface area contributed by atoms with E-state index in [1.807, 2.05) is 18.2 Å². The minimum atomic E-state index is 0.387. The van der Waals surface area contributed by atoms with E-state index < -0.39 is 0 Å². The van der Waals surface area contributed by atoms with Crippen LogP contribution in [-0.4, -0.2) is 31.4 Å². The highest BCUT2D eigenvalue weighted by Gasteiger charge is 2.06. The highest BCUT2D eigenvalue weighted by atomic mass is 32.2. The fourth-order valence-corrected chi connectivity index (χ4v) is 1.73. The van der Waals surface area contributed by atoms with Gasteiger partial charge >= 0.3 is 0 Å². The number of hydrogen-bond acceptors (Lipinski definition) is 5. The zero-order chi connectivity index (χ0) is 14.1. The Hall–Kier alpha value is -1.95. The first kappa shape index (κ1) is 15.1. The third kappa shape index (κ3) is 4.67. The van der Waals surface area contributed by atoms with Crippen LogP contribution in [-0.2, 0) is 0 Å². The summed E-state index contributed by atoms with van der Waals surface area (Å²) in [7, 11) is 3.16. The normalized spacial score (nSPS) is 11.6. The van der Waals surface area contributed by atoms with E-state index in [-0.39, 0.29) is 0 Å². The van der Waals surface area contributed by atoms with Crippen LogP contribution >= 0.6 is 11.8 Å². The lowest BCUT2D eigenvalue weighted by Crippen LogP contribution is -2.05. The van der Waals surface area contributed by atoms with E-state index in [2.05, 4.69) is 16.8 Å². The molecule has 0 bridgehead atoms. The van der Waals surface area contributed by atoms with Gasteiger partial charge in [0.25, 0.3) is 0 Å². The van der Waals surface area contributed by atoms with Crippen LogP contribution in [0.4, 0.5) is 0 Å². The fourth-order valence-electron chi connectivity index (χ4n) is 1.33. The van der Waals surface area contributed by atoms with Crippen LogP contribution < -0.4 is 15.2 Å². The summed E-state index contributed by atoms with van der Waals surface area (Å²) in [6, 6.07) is 5.52. The Bertz CT molecular complexity index is 487. The quantitative estimate of drug-likeness (QED) is 0.375. The number of nitrogens with zero attached hydrogens (tertiary/aromatic N) is 2. The Morgan fingerprint density at radius 1 is 1.42 bits per heavy atom. The molecule has 0 saturated carbocycles. The number of para-hydroxylation sites is 1. The smallest absolute Gasteiger partial charge is 0.180 e. The molecular formula is C13H17N3O2S. The minimum absolute atomic E-state index is 0.387. The first-order chi connectivity index (χ1) is 9.22. The van der Waals surface area contributed by atoms with Crippen molar-refractivity contribution in [2.45, 2.75) is 0 Å². The first-order valence-electron chi connectivity index (χ1n) is 5.54. The van der Waals surface area contributed by atoms with Crippen LogP contribution in [0.3, 0.4) is 0 Å². The SMILES string of the molecule is C=CCSC(N)=NN=Cc1cccc(OC)c1OC. The van der Waals surface area contributed by atoms with Gasteiger partial charge in [-0.3, -0.25) is 0 Å². The molecule has 0 saturated heterocycles. The molecule has 6 heteroatoms. The molecule has 0 aliphatic carbocycles. The molecule has 0 spiro atoms. The van der Waals surface area contributed by atoms with E-state index in [9.17, 15) is 0 Å². The van der Waals surface area contributed by atoms with Crippen LogP contribution in [0.15, 0.2) is 41.1 Å². The summed E-state index contributed by atoms with van der Waals surface area (Å²) in [6.45, 7) is 3.60. The summed E-state index contributed by atoms with van der Waals surface area (Å²) < 4.78 is 10.5. The number of nitrogens with two attached hydrogens (primary N) is 1. The van der Waals surface area contributed by atoms with Crippen molar-refractivity contribution in [2.75, 3.05) is 20.0 Å². The van der Waals surface area contributed by atoms with E-state index in [0.29, 0.717) is 22.4 Å². The largest absolute Gasteiger partial charge is 0.493 e. The highest BCUT2D eigenvalue weighted by Crippen LogP contribution is 2.29. The monoisotopic (exact) mass is 279 g/mol. The van der Waals surface area contributed by atoms with Crippen molar-refractivity contribution < 1.29 is 9.47 Å². The predicted molar refractivity (Wildman–Crippen MR) is 81.4 cm³/mol. The Morgan fingerprint density at radius 3 is 2.84 bits per heavy atom. The molecule has 0 aromatic heterocycles. The Labute approximate surface area is 117 Å². The number of thioether (sulfide) groups is 1. The summed E-state index contributed by atoms with van der Waals surface area (Å²) in [5, 5.41) is 8.18. The third-order valence-electron chi connectivity index (χ3n) is 2.14. The maximum atomic E-state index is 5.65. The number of hydrogen-bond donors (Lipinski definition) is 1. The van der Waals surface area contributed by atoms with Crippen molar-refractivity contribution in [2.24, 2.45) is 15.9 Å². The summed E-state index contributed by atoms with van der Waals surface area (Å²) in [6.07, 6.45) is 3.32. The first-order valence-corrected chi connectivity index (χ1v) is 6.52. The van der Waals surface area contributed by atoms with Gasteiger partial charge in [-0.2, -0.15) is 5.10 Å². The van der Waals surface area contributed by atoms with Gasteiger partial charge < -0.3 is 15.2 Å². The molecule has 1 rings (SSSR count). The van der Waals surface area contributed by atoms with Gasteiger partial charge in [0.05, 0.1) is 20.4 Å². The second-order valence-electron chi connectivity index (χ2n) is 3.37.